The molecule has 0 amide bonds. The highest BCUT2D eigenvalue weighted by atomic mass is 79.9. The van der Waals surface area contributed by atoms with Crippen molar-refractivity contribution in [1.29, 1.82) is 0 Å². The van der Waals surface area contributed by atoms with Gasteiger partial charge in [-0.25, -0.2) is 4.98 Å². The van der Waals surface area contributed by atoms with Gasteiger partial charge < -0.3 is 0 Å². The minimum absolute atomic E-state index is 0.543. The van der Waals surface area contributed by atoms with E-state index in [1.54, 1.807) is 0 Å². The van der Waals surface area contributed by atoms with E-state index in [0.29, 0.717) is 10.9 Å². The summed E-state index contributed by atoms with van der Waals surface area (Å²) in [6.07, 6.45) is 6.38. The van der Waals surface area contributed by atoms with Gasteiger partial charge in [0.05, 0.1) is 0 Å². The Bertz CT molecular complexity index is 576. The van der Waals surface area contributed by atoms with Crippen LogP contribution < -0.4 is 0 Å². The van der Waals surface area contributed by atoms with Gasteiger partial charge >= 0.3 is 0 Å². The van der Waals surface area contributed by atoms with Gasteiger partial charge in [-0.15, -0.1) is 0 Å². The summed E-state index contributed by atoms with van der Waals surface area (Å²) in [7, 11) is 0. The summed E-state index contributed by atoms with van der Waals surface area (Å²) in [6, 6.07) is 5.67. The van der Waals surface area contributed by atoms with Gasteiger partial charge in [0.1, 0.15) is 5.82 Å². The molecule has 0 atom stereocenters. The summed E-state index contributed by atoms with van der Waals surface area (Å²) in [5, 5.41) is 8.15. The molecular formula is C14H15BrClN3. The number of hydrogen-bond acceptors (Lipinski definition) is 2. The van der Waals surface area contributed by atoms with Gasteiger partial charge in [-0.05, 0) is 47.0 Å². The number of benzene rings is 1. The first kappa shape index (κ1) is 13.1. The maximum absolute atomic E-state index is 5.95. The van der Waals surface area contributed by atoms with Crippen LogP contribution in [0.5, 0.6) is 0 Å². The lowest BCUT2D eigenvalue weighted by atomic mass is 9.89. The van der Waals surface area contributed by atoms with Crippen LogP contribution in [0, 0.1) is 0 Å². The quantitative estimate of drug-likeness (QED) is 0.841. The van der Waals surface area contributed by atoms with Gasteiger partial charge in [0, 0.05) is 21.0 Å². The van der Waals surface area contributed by atoms with E-state index >= 15 is 0 Å². The number of H-pyrrole nitrogens is 1. The second-order valence-electron chi connectivity index (χ2n) is 5.00. The lowest BCUT2D eigenvalue weighted by Gasteiger charge is -2.18. The van der Waals surface area contributed by atoms with Crippen molar-refractivity contribution >= 4 is 27.5 Å². The summed E-state index contributed by atoms with van der Waals surface area (Å²) in [6.45, 7) is 0. The van der Waals surface area contributed by atoms with Crippen molar-refractivity contribution in [1.82, 2.24) is 15.2 Å². The smallest absolute Gasteiger partial charge is 0.182 e. The molecule has 0 saturated heterocycles. The van der Waals surface area contributed by atoms with Gasteiger partial charge in [0.25, 0.3) is 0 Å². The number of hydrogen-bond donors (Lipinski definition) is 1. The van der Waals surface area contributed by atoms with Gasteiger partial charge in [-0.1, -0.05) is 30.9 Å². The van der Waals surface area contributed by atoms with Crippen molar-refractivity contribution in [2.24, 2.45) is 0 Å². The Morgan fingerprint density at radius 1 is 1.21 bits per heavy atom. The van der Waals surface area contributed by atoms with Crippen LogP contribution in [0.15, 0.2) is 22.7 Å². The number of aromatic amines is 1. The van der Waals surface area contributed by atoms with Gasteiger partial charge in [0.2, 0.25) is 0 Å². The Morgan fingerprint density at radius 2 is 2.00 bits per heavy atom. The predicted molar refractivity (Wildman–Crippen MR) is 80.4 cm³/mol. The number of nitrogens with zero attached hydrogens (tertiary/aromatic N) is 2. The highest BCUT2D eigenvalue weighted by Gasteiger charge is 2.20. The largest absolute Gasteiger partial charge is 0.262 e. The van der Waals surface area contributed by atoms with Crippen molar-refractivity contribution in [2.45, 2.75) is 38.0 Å². The van der Waals surface area contributed by atoms with Crippen molar-refractivity contribution in [3.63, 3.8) is 0 Å². The minimum Gasteiger partial charge on any atom is -0.262 e. The second kappa shape index (κ2) is 5.63. The lowest BCUT2D eigenvalue weighted by molar-refractivity contribution is 0.429. The average Bonchev–Trinajstić information content (AvgIpc) is 2.89. The molecule has 3 nitrogen and oxygen atoms in total. The molecule has 1 aliphatic carbocycles. The standard InChI is InChI=1S/C14H15BrClN3/c15-12-8-10(16)6-7-11(12)14-17-13(18-19-14)9-4-2-1-3-5-9/h6-9H,1-5H2,(H,17,18,19). The fraction of sp³-hybridized carbons (Fsp3) is 0.429. The van der Waals surface area contributed by atoms with Crippen LogP contribution >= 0.6 is 27.5 Å². The molecule has 1 saturated carbocycles. The van der Waals surface area contributed by atoms with E-state index < -0.39 is 0 Å². The topological polar surface area (TPSA) is 41.6 Å². The third-order valence-electron chi connectivity index (χ3n) is 3.67. The van der Waals surface area contributed by atoms with E-state index in [4.69, 9.17) is 11.6 Å². The summed E-state index contributed by atoms with van der Waals surface area (Å²) < 4.78 is 0.925. The summed E-state index contributed by atoms with van der Waals surface area (Å²) >= 11 is 9.46. The molecule has 0 aliphatic heterocycles. The van der Waals surface area contributed by atoms with Crippen LogP contribution in [0.3, 0.4) is 0 Å². The number of aromatic nitrogens is 3. The molecule has 1 fully saturated rings. The zero-order valence-corrected chi connectivity index (χ0v) is 12.8. The van der Waals surface area contributed by atoms with Crippen LogP contribution in [0.2, 0.25) is 5.02 Å². The van der Waals surface area contributed by atoms with E-state index in [2.05, 4.69) is 31.1 Å². The van der Waals surface area contributed by atoms with Gasteiger partial charge in [-0.3, -0.25) is 5.10 Å². The molecule has 3 rings (SSSR count). The molecule has 0 unspecified atom stereocenters. The first-order valence-corrected chi connectivity index (χ1v) is 7.79. The molecule has 100 valence electrons. The average molecular weight is 341 g/mol. The molecule has 1 aromatic heterocycles. The molecule has 1 N–H and O–H groups in total. The molecule has 1 aromatic carbocycles. The molecule has 0 radical (unpaired) electrons. The lowest BCUT2D eigenvalue weighted by Crippen LogP contribution is -2.06. The van der Waals surface area contributed by atoms with Gasteiger partial charge in [-0.2, -0.15) is 5.10 Å². The summed E-state index contributed by atoms with van der Waals surface area (Å²) in [4.78, 5) is 4.65. The van der Waals surface area contributed by atoms with Crippen LogP contribution in [-0.2, 0) is 0 Å². The highest BCUT2D eigenvalue weighted by molar-refractivity contribution is 9.10. The zero-order chi connectivity index (χ0) is 13.2. The van der Waals surface area contributed by atoms with Crippen LogP contribution in [-0.4, -0.2) is 15.2 Å². The molecule has 19 heavy (non-hydrogen) atoms. The van der Waals surface area contributed by atoms with E-state index in [1.807, 2.05) is 18.2 Å². The third kappa shape index (κ3) is 2.84. The van der Waals surface area contributed by atoms with Crippen LogP contribution in [0.25, 0.3) is 11.4 Å². The number of rotatable bonds is 2. The van der Waals surface area contributed by atoms with E-state index in [-0.39, 0.29) is 0 Å². The maximum Gasteiger partial charge on any atom is 0.182 e. The van der Waals surface area contributed by atoms with E-state index in [0.717, 1.165) is 21.7 Å². The Morgan fingerprint density at radius 3 is 2.74 bits per heavy atom. The van der Waals surface area contributed by atoms with Crippen molar-refractivity contribution < 1.29 is 0 Å². The molecule has 0 spiro atoms. The summed E-state index contributed by atoms with van der Waals surface area (Å²) in [5.74, 6) is 2.31. The Hall–Kier alpha value is -0.870. The number of nitrogens with one attached hydrogen (secondary N) is 1. The van der Waals surface area contributed by atoms with E-state index in [9.17, 15) is 0 Å². The van der Waals surface area contributed by atoms with E-state index in [1.165, 1.54) is 32.1 Å². The van der Waals surface area contributed by atoms with Crippen LogP contribution in [0.1, 0.15) is 43.8 Å². The fourth-order valence-electron chi connectivity index (χ4n) is 2.62. The predicted octanol–water partition coefficient (Wildman–Crippen LogP) is 4.94. The van der Waals surface area contributed by atoms with Crippen molar-refractivity contribution in [3.05, 3.63) is 33.5 Å². The first-order chi connectivity index (χ1) is 9.24. The maximum atomic E-state index is 5.95. The Labute approximate surface area is 125 Å². The van der Waals surface area contributed by atoms with Crippen molar-refractivity contribution in [3.8, 4) is 11.4 Å². The molecule has 0 bridgehead atoms. The second-order valence-corrected chi connectivity index (χ2v) is 6.29. The van der Waals surface area contributed by atoms with Gasteiger partial charge in [0.15, 0.2) is 5.82 Å². The van der Waals surface area contributed by atoms with Crippen LogP contribution in [0.4, 0.5) is 0 Å². The highest BCUT2D eigenvalue weighted by Crippen LogP contribution is 2.33. The normalized spacial score (nSPS) is 16.7. The minimum atomic E-state index is 0.543. The molecular weight excluding hydrogens is 326 g/mol. The molecule has 1 aliphatic rings. The fourth-order valence-corrected chi connectivity index (χ4v) is 3.48. The summed E-state index contributed by atoms with van der Waals surface area (Å²) in [5.41, 5.74) is 0.975. The monoisotopic (exact) mass is 339 g/mol. The first-order valence-electron chi connectivity index (χ1n) is 6.62. The third-order valence-corrected chi connectivity index (χ3v) is 4.56. The SMILES string of the molecule is Clc1ccc(-c2n[nH]c(C3CCCCC3)n2)c(Br)c1. The Kier molecular flexibility index (Phi) is 3.89. The zero-order valence-electron chi connectivity index (χ0n) is 10.5. The molecule has 5 heteroatoms. The number of halogens is 2. The molecule has 1 heterocycles. The molecule has 2 aromatic rings. The van der Waals surface area contributed by atoms with Crippen molar-refractivity contribution in [2.75, 3.05) is 0 Å². The Balaban J connectivity index is 1.87.